The van der Waals surface area contributed by atoms with Crippen molar-refractivity contribution < 1.29 is 4.79 Å². The van der Waals surface area contributed by atoms with Gasteiger partial charge in [0.15, 0.2) is 0 Å². The van der Waals surface area contributed by atoms with Crippen LogP contribution in [0.2, 0.25) is 0 Å². The Kier molecular flexibility index (Phi) is 5.30. The third-order valence-corrected chi connectivity index (χ3v) is 4.85. The summed E-state index contributed by atoms with van der Waals surface area (Å²) in [7, 11) is 0. The van der Waals surface area contributed by atoms with E-state index in [4.69, 9.17) is 0 Å². The van der Waals surface area contributed by atoms with E-state index in [9.17, 15) is 4.79 Å². The second-order valence-corrected chi connectivity index (χ2v) is 6.53. The number of benzene rings is 1. The van der Waals surface area contributed by atoms with E-state index >= 15 is 0 Å². The number of hydrogen-bond donors (Lipinski definition) is 0. The summed E-state index contributed by atoms with van der Waals surface area (Å²) < 4.78 is 1.90. The van der Waals surface area contributed by atoms with Crippen LogP contribution in [0, 0.1) is 13.8 Å². The number of aryl methyl sites for hydroxylation is 3. The fraction of sp³-hybridized carbons (Fsp3) is 0.474. The fourth-order valence-corrected chi connectivity index (χ4v) is 3.18. The maximum atomic E-state index is 12.4. The van der Waals surface area contributed by atoms with E-state index in [1.807, 2.05) is 22.6 Å². The van der Waals surface area contributed by atoms with Gasteiger partial charge in [-0.2, -0.15) is 5.10 Å². The van der Waals surface area contributed by atoms with Crippen molar-refractivity contribution in [3.8, 4) is 0 Å². The zero-order valence-electron chi connectivity index (χ0n) is 14.6. The minimum absolute atomic E-state index is 0.237. The topological polar surface area (TPSA) is 41.4 Å². The van der Waals surface area contributed by atoms with Gasteiger partial charge in [-0.25, -0.2) is 0 Å². The zero-order chi connectivity index (χ0) is 16.9. The molecule has 0 aliphatic carbocycles. The van der Waals surface area contributed by atoms with Crippen LogP contribution in [0.15, 0.2) is 36.5 Å². The molecule has 0 N–H and O–H groups in total. The Balaban J connectivity index is 1.45. The highest BCUT2D eigenvalue weighted by Crippen LogP contribution is 2.13. The van der Waals surface area contributed by atoms with Gasteiger partial charge in [-0.15, -0.1) is 0 Å². The molecule has 1 amide bonds. The Morgan fingerprint density at radius 1 is 1.08 bits per heavy atom. The number of piperazine rings is 1. The van der Waals surface area contributed by atoms with Crippen LogP contribution >= 0.6 is 0 Å². The Morgan fingerprint density at radius 3 is 2.50 bits per heavy atom. The Morgan fingerprint density at radius 2 is 1.83 bits per heavy atom. The van der Waals surface area contributed by atoms with E-state index in [0.29, 0.717) is 13.0 Å². The van der Waals surface area contributed by atoms with Crippen LogP contribution < -0.4 is 0 Å². The number of amides is 1. The molecular weight excluding hydrogens is 300 g/mol. The molecule has 0 bridgehead atoms. The molecule has 0 saturated carbocycles. The van der Waals surface area contributed by atoms with Gasteiger partial charge in [0.1, 0.15) is 0 Å². The number of rotatable bonds is 5. The minimum Gasteiger partial charge on any atom is -0.340 e. The molecule has 1 aliphatic heterocycles. The molecule has 2 aromatic rings. The van der Waals surface area contributed by atoms with E-state index in [2.05, 4.69) is 41.2 Å². The van der Waals surface area contributed by atoms with Crippen LogP contribution in [0.3, 0.4) is 0 Å². The first kappa shape index (κ1) is 16.7. The Labute approximate surface area is 143 Å². The molecule has 1 aromatic heterocycles. The second-order valence-electron chi connectivity index (χ2n) is 6.53. The summed E-state index contributed by atoms with van der Waals surface area (Å²) in [6, 6.07) is 10.5. The average Bonchev–Trinajstić information content (AvgIpc) is 3.00. The molecule has 2 heterocycles. The predicted octanol–water partition coefficient (Wildman–Crippen LogP) is 2.23. The van der Waals surface area contributed by atoms with Gasteiger partial charge >= 0.3 is 0 Å². The fourth-order valence-electron chi connectivity index (χ4n) is 3.18. The first-order chi connectivity index (χ1) is 11.6. The van der Waals surface area contributed by atoms with E-state index in [0.717, 1.165) is 38.4 Å². The van der Waals surface area contributed by atoms with Crippen molar-refractivity contribution >= 4 is 5.91 Å². The molecule has 1 fully saturated rings. The van der Waals surface area contributed by atoms with Crippen molar-refractivity contribution in [3.05, 3.63) is 53.3 Å². The van der Waals surface area contributed by atoms with Gasteiger partial charge in [0.05, 0.1) is 0 Å². The molecule has 24 heavy (non-hydrogen) atoms. The SMILES string of the molecule is Cc1ccccc1CN1CCN(C(=O)CCn2nccc2C)CC1. The maximum Gasteiger partial charge on any atom is 0.224 e. The molecule has 128 valence electrons. The van der Waals surface area contributed by atoms with Gasteiger partial charge in [0.2, 0.25) is 5.91 Å². The zero-order valence-corrected chi connectivity index (χ0v) is 14.6. The van der Waals surface area contributed by atoms with Crippen molar-refractivity contribution in [3.63, 3.8) is 0 Å². The largest absolute Gasteiger partial charge is 0.340 e. The number of aromatic nitrogens is 2. The van der Waals surface area contributed by atoms with Gasteiger partial charge < -0.3 is 4.90 Å². The number of carbonyl (C=O) groups excluding carboxylic acids is 1. The molecule has 1 aromatic carbocycles. The summed E-state index contributed by atoms with van der Waals surface area (Å²) in [5, 5.41) is 4.24. The smallest absolute Gasteiger partial charge is 0.224 e. The maximum absolute atomic E-state index is 12.4. The summed E-state index contributed by atoms with van der Waals surface area (Å²) in [5.41, 5.74) is 3.82. The highest BCUT2D eigenvalue weighted by Gasteiger charge is 2.21. The van der Waals surface area contributed by atoms with Crippen molar-refractivity contribution in [2.24, 2.45) is 0 Å². The lowest BCUT2D eigenvalue weighted by molar-refractivity contribution is -0.133. The van der Waals surface area contributed by atoms with E-state index in [-0.39, 0.29) is 5.91 Å². The van der Waals surface area contributed by atoms with Crippen molar-refractivity contribution in [1.29, 1.82) is 0 Å². The quantitative estimate of drug-likeness (QED) is 0.846. The highest BCUT2D eigenvalue weighted by atomic mass is 16.2. The minimum atomic E-state index is 0.237. The summed E-state index contributed by atoms with van der Waals surface area (Å²) in [4.78, 5) is 16.8. The highest BCUT2D eigenvalue weighted by molar-refractivity contribution is 5.76. The lowest BCUT2D eigenvalue weighted by Gasteiger charge is -2.35. The molecule has 1 aliphatic rings. The van der Waals surface area contributed by atoms with Crippen LogP contribution in [0.1, 0.15) is 23.2 Å². The van der Waals surface area contributed by atoms with E-state index < -0.39 is 0 Å². The molecule has 0 atom stereocenters. The molecule has 5 nitrogen and oxygen atoms in total. The van der Waals surface area contributed by atoms with Crippen molar-refractivity contribution in [2.45, 2.75) is 33.4 Å². The lowest BCUT2D eigenvalue weighted by Crippen LogP contribution is -2.48. The van der Waals surface area contributed by atoms with Crippen molar-refractivity contribution in [2.75, 3.05) is 26.2 Å². The van der Waals surface area contributed by atoms with Gasteiger partial charge in [-0.3, -0.25) is 14.4 Å². The van der Waals surface area contributed by atoms with Crippen LogP contribution in [-0.4, -0.2) is 51.7 Å². The van der Waals surface area contributed by atoms with E-state index in [1.165, 1.54) is 11.1 Å². The van der Waals surface area contributed by atoms with Gasteiger partial charge in [-0.05, 0) is 31.0 Å². The third-order valence-electron chi connectivity index (χ3n) is 4.85. The molecule has 3 rings (SSSR count). The normalized spacial score (nSPS) is 15.7. The summed E-state index contributed by atoms with van der Waals surface area (Å²) in [6.07, 6.45) is 2.31. The predicted molar refractivity (Wildman–Crippen MR) is 94.6 cm³/mol. The molecule has 0 unspecified atom stereocenters. The number of nitrogens with zero attached hydrogens (tertiary/aromatic N) is 4. The van der Waals surface area contributed by atoms with Crippen LogP contribution in [-0.2, 0) is 17.9 Å². The number of carbonyl (C=O) groups is 1. The Hall–Kier alpha value is -2.14. The van der Waals surface area contributed by atoms with Crippen molar-refractivity contribution in [1.82, 2.24) is 19.6 Å². The molecule has 1 saturated heterocycles. The lowest BCUT2D eigenvalue weighted by atomic mass is 10.1. The summed E-state index contributed by atoms with van der Waals surface area (Å²) >= 11 is 0. The summed E-state index contributed by atoms with van der Waals surface area (Å²) in [5.74, 6) is 0.237. The standard InChI is InChI=1S/C19H26N4O/c1-16-5-3-4-6-18(16)15-21-11-13-22(14-12-21)19(24)8-10-23-17(2)7-9-20-23/h3-7,9H,8,10-15H2,1-2H3. The second kappa shape index (κ2) is 7.62. The van der Waals surface area contributed by atoms with Crippen LogP contribution in [0.5, 0.6) is 0 Å². The number of hydrogen-bond acceptors (Lipinski definition) is 3. The van der Waals surface area contributed by atoms with Crippen LogP contribution in [0.4, 0.5) is 0 Å². The Bertz CT molecular complexity index is 686. The molecule has 0 spiro atoms. The third kappa shape index (κ3) is 4.03. The van der Waals surface area contributed by atoms with Gasteiger partial charge in [-0.1, -0.05) is 24.3 Å². The monoisotopic (exact) mass is 326 g/mol. The van der Waals surface area contributed by atoms with E-state index in [1.54, 1.807) is 6.20 Å². The average molecular weight is 326 g/mol. The molecular formula is C19H26N4O. The van der Waals surface area contributed by atoms with Crippen LogP contribution in [0.25, 0.3) is 0 Å². The van der Waals surface area contributed by atoms with Gasteiger partial charge in [0.25, 0.3) is 0 Å². The first-order valence-corrected chi connectivity index (χ1v) is 8.66. The summed E-state index contributed by atoms with van der Waals surface area (Å²) in [6.45, 7) is 9.35. The van der Waals surface area contributed by atoms with Gasteiger partial charge in [0, 0.05) is 57.6 Å². The first-order valence-electron chi connectivity index (χ1n) is 8.66. The molecule has 5 heteroatoms. The molecule has 0 radical (unpaired) electrons.